The Morgan fingerprint density at radius 3 is 2.44 bits per heavy atom. The maximum atomic E-state index is 11.9. The highest BCUT2D eigenvalue weighted by molar-refractivity contribution is 7.92. The van der Waals surface area contributed by atoms with Crippen LogP contribution in [0, 0.1) is 5.92 Å². The lowest BCUT2D eigenvalue weighted by atomic mass is 10.1. The Balaban J connectivity index is 2.42. The predicted molar refractivity (Wildman–Crippen MR) is 67.1 cm³/mol. The summed E-state index contributed by atoms with van der Waals surface area (Å²) >= 11 is 0. The van der Waals surface area contributed by atoms with Gasteiger partial charge in [-0.15, -0.1) is 0 Å². The van der Waals surface area contributed by atoms with Crippen LogP contribution >= 0.6 is 0 Å². The van der Waals surface area contributed by atoms with Gasteiger partial charge in [0, 0.05) is 13.1 Å². The lowest BCUT2D eigenvalue weighted by Crippen LogP contribution is -2.36. The van der Waals surface area contributed by atoms with Crippen molar-refractivity contribution < 1.29 is 8.42 Å². The van der Waals surface area contributed by atoms with Gasteiger partial charge in [-0.05, 0) is 46.2 Å². The molecular formula is C11H24N2O2S. The Hall–Kier alpha value is -0.130. The van der Waals surface area contributed by atoms with Gasteiger partial charge in [-0.1, -0.05) is 0 Å². The van der Waals surface area contributed by atoms with Crippen molar-refractivity contribution in [3.8, 4) is 0 Å². The number of rotatable bonds is 4. The molecule has 1 atom stereocenters. The van der Waals surface area contributed by atoms with Crippen LogP contribution in [0.15, 0.2) is 0 Å². The van der Waals surface area contributed by atoms with E-state index < -0.39 is 14.6 Å². The van der Waals surface area contributed by atoms with Crippen molar-refractivity contribution in [3.05, 3.63) is 0 Å². The minimum absolute atomic E-state index is 0.258. The fraction of sp³-hybridized carbons (Fsp3) is 1.00. The van der Waals surface area contributed by atoms with Crippen molar-refractivity contribution >= 4 is 9.84 Å². The van der Waals surface area contributed by atoms with Crippen molar-refractivity contribution in [1.29, 1.82) is 0 Å². The molecule has 1 fully saturated rings. The molecule has 2 N–H and O–H groups in total. The zero-order chi connectivity index (χ0) is 12.4. The minimum Gasteiger partial charge on any atom is -0.330 e. The summed E-state index contributed by atoms with van der Waals surface area (Å²) in [5, 5.41) is 0. The highest BCUT2D eigenvalue weighted by atomic mass is 32.2. The molecule has 0 amide bonds. The number of hydrogen-bond acceptors (Lipinski definition) is 4. The molecule has 0 aromatic heterocycles. The molecule has 5 heteroatoms. The molecule has 0 spiro atoms. The van der Waals surface area contributed by atoms with Crippen LogP contribution in [-0.2, 0) is 9.84 Å². The van der Waals surface area contributed by atoms with E-state index in [1.54, 1.807) is 20.8 Å². The lowest BCUT2D eigenvalue weighted by Gasteiger charge is -2.22. The third-order valence-electron chi connectivity index (χ3n) is 3.31. The molecule has 1 saturated heterocycles. The van der Waals surface area contributed by atoms with Crippen LogP contribution in [-0.4, -0.2) is 50.0 Å². The van der Waals surface area contributed by atoms with E-state index in [9.17, 15) is 8.42 Å². The van der Waals surface area contributed by atoms with Gasteiger partial charge in [-0.3, -0.25) is 0 Å². The first kappa shape index (κ1) is 13.9. The molecule has 1 heterocycles. The molecule has 0 aromatic carbocycles. The summed E-state index contributed by atoms with van der Waals surface area (Å²) in [6.45, 7) is 8.58. The quantitative estimate of drug-likeness (QED) is 0.786. The highest BCUT2D eigenvalue weighted by Crippen LogP contribution is 2.18. The Labute approximate surface area is 99.1 Å². The number of nitrogens with zero attached hydrogens (tertiary/aromatic N) is 1. The summed E-state index contributed by atoms with van der Waals surface area (Å²) in [4.78, 5) is 2.21. The van der Waals surface area contributed by atoms with E-state index in [0.717, 1.165) is 19.5 Å². The van der Waals surface area contributed by atoms with Gasteiger partial charge in [0.1, 0.15) is 0 Å². The second kappa shape index (κ2) is 5.02. The van der Waals surface area contributed by atoms with Gasteiger partial charge < -0.3 is 10.6 Å². The molecule has 0 aliphatic carbocycles. The monoisotopic (exact) mass is 248 g/mol. The molecule has 1 rings (SSSR count). The fourth-order valence-corrected chi connectivity index (χ4v) is 2.97. The summed E-state index contributed by atoms with van der Waals surface area (Å²) in [5.74, 6) is 0.811. The first-order chi connectivity index (χ1) is 7.26. The van der Waals surface area contributed by atoms with Crippen LogP contribution in [0.3, 0.4) is 0 Å². The molecule has 0 aromatic rings. The van der Waals surface area contributed by atoms with E-state index in [1.165, 1.54) is 0 Å². The molecule has 16 heavy (non-hydrogen) atoms. The summed E-state index contributed by atoms with van der Waals surface area (Å²) in [5.41, 5.74) is 5.60. The molecular weight excluding hydrogens is 224 g/mol. The van der Waals surface area contributed by atoms with Crippen molar-refractivity contribution in [2.24, 2.45) is 11.7 Å². The minimum atomic E-state index is -2.98. The second-order valence-corrected chi connectivity index (χ2v) is 8.48. The van der Waals surface area contributed by atoms with Crippen molar-refractivity contribution in [2.45, 2.75) is 31.9 Å². The van der Waals surface area contributed by atoms with Gasteiger partial charge in [0.2, 0.25) is 0 Å². The van der Waals surface area contributed by atoms with Gasteiger partial charge >= 0.3 is 0 Å². The van der Waals surface area contributed by atoms with Crippen LogP contribution < -0.4 is 5.73 Å². The summed E-state index contributed by atoms with van der Waals surface area (Å²) < 4.78 is 23.2. The fourth-order valence-electron chi connectivity index (χ4n) is 1.86. The van der Waals surface area contributed by atoms with E-state index in [-0.39, 0.29) is 5.75 Å². The number of sulfone groups is 1. The van der Waals surface area contributed by atoms with Crippen LogP contribution in [0.2, 0.25) is 0 Å². The number of hydrogen-bond donors (Lipinski definition) is 1. The smallest absolute Gasteiger partial charge is 0.156 e. The molecule has 96 valence electrons. The molecule has 1 aliphatic heterocycles. The first-order valence-electron chi connectivity index (χ1n) is 5.91. The van der Waals surface area contributed by atoms with Gasteiger partial charge in [0.15, 0.2) is 9.84 Å². The van der Waals surface area contributed by atoms with Gasteiger partial charge in [0.25, 0.3) is 0 Å². The highest BCUT2D eigenvalue weighted by Gasteiger charge is 2.30. The molecule has 0 bridgehead atoms. The van der Waals surface area contributed by atoms with E-state index in [0.29, 0.717) is 19.0 Å². The number of nitrogens with two attached hydrogens (primary N) is 1. The Kier molecular flexibility index (Phi) is 4.37. The van der Waals surface area contributed by atoms with Gasteiger partial charge in [-0.2, -0.15) is 0 Å². The third-order valence-corrected chi connectivity index (χ3v) is 5.90. The van der Waals surface area contributed by atoms with Crippen LogP contribution in [0.5, 0.6) is 0 Å². The molecule has 0 radical (unpaired) electrons. The molecule has 4 nitrogen and oxygen atoms in total. The third kappa shape index (κ3) is 3.43. The summed E-state index contributed by atoms with van der Waals surface area (Å²) in [6, 6.07) is 0. The Morgan fingerprint density at radius 1 is 1.38 bits per heavy atom. The normalized spacial score (nSPS) is 23.9. The summed E-state index contributed by atoms with van der Waals surface area (Å²) in [6.07, 6.45) is 1.10. The van der Waals surface area contributed by atoms with Gasteiger partial charge in [0.05, 0.1) is 10.5 Å². The van der Waals surface area contributed by atoms with Crippen LogP contribution in [0.4, 0.5) is 0 Å². The second-order valence-electron chi connectivity index (χ2n) is 5.62. The van der Waals surface area contributed by atoms with E-state index >= 15 is 0 Å². The Bertz CT molecular complexity index is 319. The standard InChI is InChI=1S/C11H24N2O2S/c1-11(2,3)16(14,15)7-6-13-5-4-10(8-12)9-13/h10H,4-9,12H2,1-3H3. The van der Waals surface area contributed by atoms with Crippen molar-refractivity contribution in [1.82, 2.24) is 4.90 Å². The van der Waals surface area contributed by atoms with Gasteiger partial charge in [-0.25, -0.2) is 8.42 Å². The van der Waals surface area contributed by atoms with E-state index in [2.05, 4.69) is 4.90 Å². The van der Waals surface area contributed by atoms with Crippen LogP contribution in [0.25, 0.3) is 0 Å². The predicted octanol–water partition coefficient (Wildman–Crippen LogP) is 0.480. The maximum Gasteiger partial charge on any atom is 0.156 e. The van der Waals surface area contributed by atoms with E-state index in [1.807, 2.05) is 0 Å². The zero-order valence-corrected chi connectivity index (χ0v) is 11.4. The molecule has 1 aliphatic rings. The summed E-state index contributed by atoms with van der Waals surface area (Å²) in [7, 11) is -2.98. The Morgan fingerprint density at radius 2 is 2.00 bits per heavy atom. The number of likely N-dealkylation sites (tertiary alicyclic amines) is 1. The molecule has 1 unspecified atom stereocenters. The van der Waals surface area contributed by atoms with Crippen LogP contribution in [0.1, 0.15) is 27.2 Å². The topological polar surface area (TPSA) is 63.4 Å². The van der Waals surface area contributed by atoms with Crippen molar-refractivity contribution in [2.75, 3.05) is 31.9 Å². The van der Waals surface area contributed by atoms with E-state index in [4.69, 9.17) is 5.73 Å². The van der Waals surface area contributed by atoms with Crippen molar-refractivity contribution in [3.63, 3.8) is 0 Å². The average Bonchev–Trinajstić information content (AvgIpc) is 2.60. The zero-order valence-electron chi connectivity index (χ0n) is 10.6. The lowest BCUT2D eigenvalue weighted by molar-refractivity contribution is 0.343. The SMILES string of the molecule is CC(C)(C)S(=O)(=O)CCN1CCC(CN)C1. The maximum absolute atomic E-state index is 11.9. The first-order valence-corrected chi connectivity index (χ1v) is 7.56. The average molecular weight is 248 g/mol. The largest absolute Gasteiger partial charge is 0.330 e. The molecule has 0 saturated carbocycles.